The lowest BCUT2D eigenvalue weighted by Gasteiger charge is -2.09. The van der Waals surface area contributed by atoms with Crippen molar-refractivity contribution in [3.63, 3.8) is 0 Å². The standard InChI is InChI=1S/C24H27NO2/c1-2-17-26-24-10-6-7-21(18-24)19-25-16-15-20-11-13-23(14-12-20)27-22-8-4-3-5-9-22/h3-14,18,25H,2,15-17,19H2,1H3. The van der Waals surface area contributed by atoms with Crippen LogP contribution >= 0.6 is 0 Å². The number of ether oxygens (including phenoxy) is 2. The first-order valence-corrected chi connectivity index (χ1v) is 9.58. The van der Waals surface area contributed by atoms with Gasteiger partial charge in [0.25, 0.3) is 0 Å². The van der Waals surface area contributed by atoms with Crippen molar-refractivity contribution in [2.75, 3.05) is 13.2 Å². The van der Waals surface area contributed by atoms with Crippen LogP contribution in [-0.2, 0) is 13.0 Å². The van der Waals surface area contributed by atoms with Crippen molar-refractivity contribution in [1.82, 2.24) is 5.32 Å². The van der Waals surface area contributed by atoms with Gasteiger partial charge >= 0.3 is 0 Å². The van der Waals surface area contributed by atoms with Crippen molar-refractivity contribution >= 4 is 0 Å². The fourth-order valence-corrected chi connectivity index (χ4v) is 2.78. The third-order valence-corrected chi connectivity index (χ3v) is 4.19. The number of para-hydroxylation sites is 1. The SMILES string of the molecule is CCCOc1cccc(CNCCc2ccc(Oc3ccccc3)cc2)c1. The molecule has 0 amide bonds. The van der Waals surface area contributed by atoms with Crippen molar-refractivity contribution in [3.8, 4) is 17.2 Å². The average molecular weight is 361 g/mol. The highest BCUT2D eigenvalue weighted by Gasteiger charge is 2.00. The lowest BCUT2D eigenvalue weighted by atomic mass is 10.1. The number of hydrogen-bond donors (Lipinski definition) is 1. The Kier molecular flexibility index (Phi) is 7.31. The van der Waals surface area contributed by atoms with E-state index in [1.54, 1.807) is 0 Å². The van der Waals surface area contributed by atoms with E-state index in [0.29, 0.717) is 0 Å². The van der Waals surface area contributed by atoms with Crippen molar-refractivity contribution in [2.45, 2.75) is 26.3 Å². The molecule has 0 bridgehead atoms. The Morgan fingerprint density at radius 3 is 2.26 bits per heavy atom. The van der Waals surface area contributed by atoms with Crippen LogP contribution in [0.5, 0.6) is 17.2 Å². The maximum absolute atomic E-state index is 5.83. The molecular formula is C24H27NO2. The smallest absolute Gasteiger partial charge is 0.127 e. The summed E-state index contributed by atoms with van der Waals surface area (Å²) in [5.74, 6) is 2.67. The molecular weight excluding hydrogens is 334 g/mol. The largest absolute Gasteiger partial charge is 0.494 e. The highest BCUT2D eigenvalue weighted by atomic mass is 16.5. The van der Waals surface area contributed by atoms with E-state index in [4.69, 9.17) is 9.47 Å². The molecule has 0 aliphatic rings. The van der Waals surface area contributed by atoms with Gasteiger partial charge < -0.3 is 14.8 Å². The first-order valence-electron chi connectivity index (χ1n) is 9.58. The second-order valence-electron chi connectivity index (χ2n) is 6.48. The quantitative estimate of drug-likeness (QED) is 0.477. The monoisotopic (exact) mass is 361 g/mol. The summed E-state index contributed by atoms with van der Waals surface area (Å²) in [6.45, 7) is 4.66. The summed E-state index contributed by atoms with van der Waals surface area (Å²) < 4.78 is 11.5. The first kappa shape index (κ1) is 19.0. The van der Waals surface area contributed by atoms with Gasteiger partial charge in [0.2, 0.25) is 0 Å². The average Bonchev–Trinajstić information content (AvgIpc) is 2.72. The van der Waals surface area contributed by atoms with Gasteiger partial charge in [-0.15, -0.1) is 0 Å². The Hall–Kier alpha value is -2.78. The summed E-state index contributed by atoms with van der Waals surface area (Å²) in [5.41, 5.74) is 2.54. The van der Waals surface area contributed by atoms with Crippen LogP contribution in [0.4, 0.5) is 0 Å². The third kappa shape index (κ3) is 6.46. The van der Waals surface area contributed by atoms with E-state index in [1.807, 2.05) is 54.6 Å². The summed E-state index contributed by atoms with van der Waals surface area (Å²) in [7, 11) is 0. The number of hydrogen-bond acceptors (Lipinski definition) is 3. The molecule has 0 fully saturated rings. The van der Waals surface area contributed by atoms with Crippen LogP contribution in [0.3, 0.4) is 0 Å². The predicted molar refractivity (Wildman–Crippen MR) is 111 cm³/mol. The van der Waals surface area contributed by atoms with Gasteiger partial charge in [-0.25, -0.2) is 0 Å². The molecule has 0 saturated heterocycles. The molecule has 140 valence electrons. The Morgan fingerprint density at radius 2 is 1.48 bits per heavy atom. The maximum atomic E-state index is 5.83. The van der Waals surface area contributed by atoms with Gasteiger partial charge in [0.1, 0.15) is 17.2 Å². The van der Waals surface area contributed by atoms with Crippen molar-refractivity contribution in [2.24, 2.45) is 0 Å². The zero-order valence-corrected chi connectivity index (χ0v) is 15.9. The summed E-state index contributed by atoms with van der Waals surface area (Å²) in [6.07, 6.45) is 2.01. The molecule has 0 heterocycles. The minimum absolute atomic E-state index is 0.765. The Bertz CT molecular complexity index is 800. The molecule has 1 N–H and O–H groups in total. The zero-order valence-electron chi connectivity index (χ0n) is 15.9. The molecule has 3 rings (SSSR count). The van der Waals surface area contributed by atoms with Crippen LogP contribution in [-0.4, -0.2) is 13.2 Å². The van der Waals surface area contributed by atoms with Gasteiger partial charge in [0.05, 0.1) is 6.61 Å². The Morgan fingerprint density at radius 1 is 0.741 bits per heavy atom. The fourth-order valence-electron chi connectivity index (χ4n) is 2.78. The molecule has 0 aliphatic heterocycles. The molecule has 0 radical (unpaired) electrons. The van der Waals surface area contributed by atoms with Gasteiger partial charge in [0.15, 0.2) is 0 Å². The highest BCUT2D eigenvalue weighted by molar-refractivity contribution is 5.33. The van der Waals surface area contributed by atoms with Crippen LogP contribution in [0.15, 0.2) is 78.9 Å². The Labute approximate surface area is 162 Å². The minimum Gasteiger partial charge on any atom is -0.494 e. The number of rotatable bonds is 10. The number of benzene rings is 3. The summed E-state index contributed by atoms with van der Waals surface area (Å²) in [6, 6.07) is 26.4. The summed E-state index contributed by atoms with van der Waals surface area (Å²) in [5, 5.41) is 3.50. The van der Waals surface area contributed by atoms with E-state index in [2.05, 4.69) is 36.5 Å². The second kappa shape index (κ2) is 10.4. The molecule has 3 aromatic rings. The Balaban J connectivity index is 1.41. The number of nitrogens with one attached hydrogen (secondary N) is 1. The van der Waals surface area contributed by atoms with Crippen molar-refractivity contribution in [3.05, 3.63) is 90.0 Å². The molecule has 0 atom stereocenters. The van der Waals surface area contributed by atoms with Gasteiger partial charge in [0, 0.05) is 6.54 Å². The lowest BCUT2D eigenvalue weighted by molar-refractivity contribution is 0.317. The van der Waals surface area contributed by atoms with E-state index in [1.165, 1.54) is 11.1 Å². The highest BCUT2D eigenvalue weighted by Crippen LogP contribution is 2.21. The lowest BCUT2D eigenvalue weighted by Crippen LogP contribution is -2.16. The fraction of sp³-hybridized carbons (Fsp3) is 0.250. The zero-order chi connectivity index (χ0) is 18.7. The molecule has 3 aromatic carbocycles. The first-order chi connectivity index (χ1) is 13.3. The van der Waals surface area contributed by atoms with Crippen LogP contribution in [0.2, 0.25) is 0 Å². The topological polar surface area (TPSA) is 30.5 Å². The minimum atomic E-state index is 0.765. The van der Waals surface area contributed by atoms with Gasteiger partial charge in [-0.1, -0.05) is 49.4 Å². The summed E-state index contributed by atoms with van der Waals surface area (Å²) >= 11 is 0. The molecule has 0 unspecified atom stereocenters. The van der Waals surface area contributed by atoms with Gasteiger partial charge in [-0.2, -0.15) is 0 Å². The van der Waals surface area contributed by atoms with Gasteiger partial charge in [-0.05, 0) is 66.9 Å². The summed E-state index contributed by atoms with van der Waals surface area (Å²) in [4.78, 5) is 0. The molecule has 0 aliphatic carbocycles. The van der Waals surface area contributed by atoms with Crippen LogP contribution in [0.1, 0.15) is 24.5 Å². The van der Waals surface area contributed by atoms with E-state index in [0.717, 1.165) is 49.8 Å². The van der Waals surface area contributed by atoms with E-state index in [-0.39, 0.29) is 0 Å². The maximum Gasteiger partial charge on any atom is 0.127 e. The third-order valence-electron chi connectivity index (χ3n) is 4.19. The van der Waals surface area contributed by atoms with Crippen LogP contribution < -0.4 is 14.8 Å². The van der Waals surface area contributed by atoms with Crippen LogP contribution in [0.25, 0.3) is 0 Å². The molecule has 3 nitrogen and oxygen atoms in total. The van der Waals surface area contributed by atoms with Crippen molar-refractivity contribution < 1.29 is 9.47 Å². The molecule has 27 heavy (non-hydrogen) atoms. The molecule has 0 spiro atoms. The predicted octanol–water partition coefficient (Wildman–Crippen LogP) is 5.60. The van der Waals surface area contributed by atoms with E-state index < -0.39 is 0 Å². The molecule has 0 aromatic heterocycles. The van der Waals surface area contributed by atoms with Crippen LogP contribution in [0, 0.1) is 0 Å². The van der Waals surface area contributed by atoms with Gasteiger partial charge in [-0.3, -0.25) is 0 Å². The molecule has 0 saturated carbocycles. The van der Waals surface area contributed by atoms with E-state index >= 15 is 0 Å². The normalized spacial score (nSPS) is 10.6. The molecule has 3 heteroatoms. The second-order valence-corrected chi connectivity index (χ2v) is 6.48. The van der Waals surface area contributed by atoms with Crippen molar-refractivity contribution in [1.29, 1.82) is 0 Å². The van der Waals surface area contributed by atoms with E-state index in [9.17, 15) is 0 Å².